The second-order valence-corrected chi connectivity index (χ2v) is 10.9. The van der Waals surface area contributed by atoms with Gasteiger partial charge in [0.25, 0.3) is 0 Å². The summed E-state index contributed by atoms with van der Waals surface area (Å²) in [6.07, 6.45) is -2.46. The first kappa shape index (κ1) is 31.2. The zero-order valence-electron chi connectivity index (χ0n) is 21.5. The summed E-state index contributed by atoms with van der Waals surface area (Å²) in [5.74, 6) is -0.772. The lowest BCUT2D eigenvalue weighted by molar-refractivity contribution is -0.139. The molecule has 210 valence electrons. The molecule has 0 spiro atoms. The van der Waals surface area contributed by atoms with Crippen molar-refractivity contribution < 1.29 is 35.9 Å². The first-order chi connectivity index (χ1) is 17.7. The number of halogens is 4. The molecule has 0 radical (unpaired) electrons. The van der Waals surface area contributed by atoms with E-state index in [-0.39, 0.29) is 11.6 Å². The van der Waals surface area contributed by atoms with E-state index in [9.17, 15) is 31.2 Å². The van der Waals surface area contributed by atoms with Gasteiger partial charge in [-0.3, -0.25) is 13.9 Å². The molecule has 0 aliphatic rings. The van der Waals surface area contributed by atoms with Gasteiger partial charge in [0, 0.05) is 13.1 Å². The van der Waals surface area contributed by atoms with Gasteiger partial charge in [-0.15, -0.1) is 0 Å². The Morgan fingerprint density at radius 1 is 1.16 bits per heavy atom. The number of nitrogens with zero attached hydrogens (tertiary/aromatic N) is 2. The van der Waals surface area contributed by atoms with Crippen LogP contribution in [-0.2, 0) is 32.3 Å². The van der Waals surface area contributed by atoms with Gasteiger partial charge in [-0.2, -0.15) is 13.2 Å². The minimum absolute atomic E-state index is 0.0909. The average molecular weight is 578 g/mol. The zero-order valence-corrected chi connectivity index (χ0v) is 23.1. The number of benzene rings is 2. The summed E-state index contributed by atoms with van der Waals surface area (Å²) in [4.78, 5) is 27.5. The van der Waals surface area contributed by atoms with E-state index in [4.69, 9.17) is 16.3 Å². The van der Waals surface area contributed by atoms with Crippen molar-refractivity contribution in [3.05, 3.63) is 58.6 Å². The Bertz CT molecular complexity index is 1240. The topological polar surface area (TPSA) is 96.0 Å². The van der Waals surface area contributed by atoms with Crippen LogP contribution in [-0.4, -0.2) is 57.6 Å². The van der Waals surface area contributed by atoms with Gasteiger partial charge in [0.1, 0.15) is 18.3 Å². The Hall–Kier alpha value is -2.99. The molecule has 2 rings (SSSR count). The maximum atomic E-state index is 13.5. The molecule has 1 N–H and O–H groups in total. The molecule has 1 unspecified atom stereocenters. The van der Waals surface area contributed by atoms with Crippen LogP contribution in [0.5, 0.6) is 5.75 Å². The number of carbonyl (C=O) groups is 2. The molecular weight excluding hydrogens is 547 g/mol. The maximum absolute atomic E-state index is 13.5. The summed E-state index contributed by atoms with van der Waals surface area (Å²) in [6, 6.07) is 7.91. The number of amides is 2. The molecule has 8 nitrogen and oxygen atoms in total. The quantitative estimate of drug-likeness (QED) is 0.376. The molecule has 0 heterocycles. The molecule has 0 aliphatic heterocycles. The van der Waals surface area contributed by atoms with E-state index in [2.05, 4.69) is 5.32 Å². The number of rotatable bonds is 12. The smallest absolute Gasteiger partial charge is 0.416 e. The van der Waals surface area contributed by atoms with Crippen molar-refractivity contribution in [1.82, 2.24) is 10.2 Å². The summed E-state index contributed by atoms with van der Waals surface area (Å²) >= 11 is 6.08. The van der Waals surface area contributed by atoms with Crippen LogP contribution >= 0.6 is 11.6 Å². The van der Waals surface area contributed by atoms with Crippen LogP contribution in [0.25, 0.3) is 0 Å². The van der Waals surface area contributed by atoms with E-state index >= 15 is 0 Å². The highest BCUT2D eigenvalue weighted by Gasteiger charge is 2.34. The maximum Gasteiger partial charge on any atom is 0.416 e. The number of unbranched alkanes of at least 4 members (excludes halogenated alkanes) is 1. The number of ether oxygens (including phenoxy) is 1. The molecule has 0 aliphatic carbocycles. The Morgan fingerprint density at radius 3 is 2.42 bits per heavy atom. The molecule has 0 fully saturated rings. The lowest BCUT2D eigenvalue weighted by atomic mass is 10.1. The standard InChI is InChI=1S/C25H31ClF3N3O5S/c1-5-6-12-30-24(34)17(2)31(15-18-8-7-9-20(13-18)37-3)23(33)16-32(38(4,35)36)22-14-19(25(27,28)29)10-11-21(22)26/h7-11,13-14,17H,5-6,12,15-16H2,1-4H3,(H,30,34). The molecule has 2 aromatic carbocycles. The minimum Gasteiger partial charge on any atom is -0.497 e. The Balaban J connectivity index is 2.48. The fraction of sp³-hybridized carbons (Fsp3) is 0.440. The van der Waals surface area contributed by atoms with E-state index in [0.29, 0.717) is 34.3 Å². The van der Waals surface area contributed by atoms with Crippen molar-refractivity contribution in [2.75, 3.05) is 30.8 Å². The van der Waals surface area contributed by atoms with Crippen molar-refractivity contribution in [2.45, 2.75) is 45.5 Å². The van der Waals surface area contributed by atoms with Crippen LogP contribution in [0.3, 0.4) is 0 Å². The van der Waals surface area contributed by atoms with Crippen molar-refractivity contribution in [3.8, 4) is 5.75 Å². The number of methoxy groups -OCH3 is 1. The third kappa shape index (κ3) is 8.52. The number of sulfonamides is 1. The fourth-order valence-corrected chi connectivity index (χ4v) is 4.68. The molecule has 2 aromatic rings. The summed E-state index contributed by atoms with van der Waals surface area (Å²) in [5, 5.41) is 2.45. The molecule has 0 saturated heterocycles. The Kier molecular flexibility index (Phi) is 10.8. The van der Waals surface area contributed by atoms with Gasteiger partial charge in [-0.25, -0.2) is 8.42 Å². The minimum atomic E-state index is -4.77. The number of hydrogen-bond acceptors (Lipinski definition) is 5. The molecular formula is C25H31ClF3N3O5S. The molecule has 0 aromatic heterocycles. The Morgan fingerprint density at radius 2 is 1.84 bits per heavy atom. The van der Waals surface area contributed by atoms with Crippen LogP contribution in [0.2, 0.25) is 5.02 Å². The third-order valence-corrected chi connectivity index (χ3v) is 7.15. The summed E-state index contributed by atoms with van der Waals surface area (Å²) in [6.45, 7) is 2.85. The molecule has 0 bridgehead atoms. The van der Waals surface area contributed by atoms with Crippen molar-refractivity contribution >= 4 is 39.1 Å². The summed E-state index contributed by atoms with van der Waals surface area (Å²) in [7, 11) is -2.80. The van der Waals surface area contributed by atoms with Crippen molar-refractivity contribution in [2.24, 2.45) is 0 Å². The van der Waals surface area contributed by atoms with E-state index in [1.165, 1.54) is 14.0 Å². The predicted molar refractivity (Wildman–Crippen MR) is 140 cm³/mol. The van der Waals surface area contributed by atoms with E-state index < -0.39 is 51.9 Å². The van der Waals surface area contributed by atoms with Gasteiger partial charge in [-0.1, -0.05) is 37.1 Å². The number of anilines is 1. The first-order valence-electron chi connectivity index (χ1n) is 11.7. The van der Waals surface area contributed by atoms with Gasteiger partial charge < -0.3 is 15.0 Å². The average Bonchev–Trinajstić information content (AvgIpc) is 2.84. The summed E-state index contributed by atoms with van der Waals surface area (Å²) in [5.41, 5.74) is -1.04. The third-order valence-electron chi connectivity index (χ3n) is 5.71. The highest BCUT2D eigenvalue weighted by Crippen LogP contribution is 2.36. The lowest BCUT2D eigenvalue weighted by Gasteiger charge is -2.32. The molecule has 0 saturated carbocycles. The largest absolute Gasteiger partial charge is 0.497 e. The molecule has 2 amide bonds. The number of hydrogen-bond donors (Lipinski definition) is 1. The van der Waals surface area contributed by atoms with Crippen LogP contribution in [0, 0.1) is 0 Å². The number of nitrogens with one attached hydrogen (secondary N) is 1. The fourth-order valence-electron chi connectivity index (χ4n) is 3.56. The van der Waals surface area contributed by atoms with Crippen LogP contribution < -0.4 is 14.4 Å². The predicted octanol–water partition coefficient (Wildman–Crippen LogP) is 4.47. The van der Waals surface area contributed by atoms with Crippen LogP contribution in [0.1, 0.15) is 37.8 Å². The monoisotopic (exact) mass is 577 g/mol. The van der Waals surface area contributed by atoms with E-state index in [0.717, 1.165) is 30.1 Å². The normalized spacial score (nSPS) is 12.5. The van der Waals surface area contributed by atoms with Gasteiger partial charge in [-0.05, 0) is 49.2 Å². The van der Waals surface area contributed by atoms with Gasteiger partial charge in [0.05, 0.1) is 29.6 Å². The Labute approximate surface area is 225 Å². The van der Waals surface area contributed by atoms with Gasteiger partial charge in [0.2, 0.25) is 21.8 Å². The number of alkyl halides is 3. The second kappa shape index (κ2) is 13.2. The highest BCUT2D eigenvalue weighted by atomic mass is 35.5. The second-order valence-electron chi connectivity index (χ2n) is 8.63. The van der Waals surface area contributed by atoms with E-state index in [1.54, 1.807) is 24.3 Å². The molecule has 1 atom stereocenters. The van der Waals surface area contributed by atoms with Crippen molar-refractivity contribution in [3.63, 3.8) is 0 Å². The lowest BCUT2D eigenvalue weighted by Crippen LogP contribution is -2.51. The summed E-state index contributed by atoms with van der Waals surface area (Å²) < 4.78 is 71.0. The van der Waals surface area contributed by atoms with Crippen molar-refractivity contribution in [1.29, 1.82) is 0 Å². The first-order valence-corrected chi connectivity index (χ1v) is 14.0. The van der Waals surface area contributed by atoms with Crippen LogP contribution in [0.4, 0.5) is 18.9 Å². The zero-order chi connectivity index (χ0) is 28.7. The molecule has 13 heteroatoms. The highest BCUT2D eigenvalue weighted by molar-refractivity contribution is 7.92. The number of carbonyl (C=O) groups excluding carboxylic acids is 2. The van der Waals surface area contributed by atoms with Gasteiger partial charge in [0.15, 0.2) is 0 Å². The van der Waals surface area contributed by atoms with Gasteiger partial charge >= 0.3 is 6.18 Å². The van der Waals surface area contributed by atoms with E-state index in [1.807, 2.05) is 6.92 Å². The van der Waals surface area contributed by atoms with Crippen LogP contribution in [0.15, 0.2) is 42.5 Å². The molecule has 38 heavy (non-hydrogen) atoms. The SMILES string of the molecule is CCCCNC(=O)C(C)N(Cc1cccc(OC)c1)C(=O)CN(c1cc(C(F)(F)F)ccc1Cl)S(C)(=O)=O.